The molecule has 0 bridgehead atoms. The lowest BCUT2D eigenvalue weighted by Gasteiger charge is -2.09. The Morgan fingerprint density at radius 2 is 1.93 bits per heavy atom. The van der Waals surface area contributed by atoms with E-state index in [1.807, 2.05) is 12.1 Å². The Morgan fingerprint density at radius 1 is 1.15 bits per heavy atom. The van der Waals surface area contributed by atoms with Crippen LogP contribution in [0.5, 0.6) is 11.5 Å². The van der Waals surface area contributed by atoms with Gasteiger partial charge in [0, 0.05) is 18.0 Å². The summed E-state index contributed by atoms with van der Waals surface area (Å²) in [6.07, 6.45) is 4.85. The summed E-state index contributed by atoms with van der Waals surface area (Å²) in [5, 5.41) is 9.50. The van der Waals surface area contributed by atoms with Crippen molar-refractivity contribution < 1.29 is 19.0 Å². The number of aromatic nitrogens is 1. The van der Waals surface area contributed by atoms with Gasteiger partial charge in [-0.3, -0.25) is 9.78 Å². The number of hydrogen-bond donors (Lipinski definition) is 2. The van der Waals surface area contributed by atoms with Gasteiger partial charge in [-0.25, -0.2) is 4.39 Å². The zero-order valence-electron chi connectivity index (χ0n) is 14.3. The topological polar surface area (TPSA) is 85.4 Å². The molecule has 0 aliphatic carbocycles. The standard InChI is InChI=1S/C21H17FN2O3/c22-19-5-4-15(11-20(19)25)10-18(21(23)26)16-2-1-3-17(12-16)27-13-14-6-8-24-9-7-14/h1-12,25H,13H2,(H2,23,26)/b18-10+. The van der Waals surface area contributed by atoms with Gasteiger partial charge < -0.3 is 15.6 Å². The molecule has 1 aromatic heterocycles. The van der Waals surface area contributed by atoms with Crippen molar-refractivity contribution >= 4 is 17.6 Å². The largest absolute Gasteiger partial charge is 0.505 e. The molecular weight excluding hydrogens is 347 g/mol. The van der Waals surface area contributed by atoms with Crippen LogP contribution < -0.4 is 10.5 Å². The van der Waals surface area contributed by atoms with Gasteiger partial charge in [0.25, 0.3) is 0 Å². The van der Waals surface area contributed by atoms with Gasteiger partial charge >= 0.3 is 0 Å². The molecule has 3 aromatic rings. The molecule has 0 aliphatic rings. The Hall–Kier alpha value is -3.67. The van der Waals surface area contributed by atoms with Gasteiger partial charge in [-0.15, -0.1) is 0 Å². The second-order valence-corrected chi connectivity index (χ2v) is 5.81. The minimum atomic E-state index is -0.737. The third kappa shape index (κ3) is 4.70. The van der Waals surface area contributed by atoms with E-state index in [2.05, 4.69) is 4.98 Å². The number of ether oxygens (including phenoxy) is 1. The number of halogens is 1. The first-order valence-corrected chi connectivity index (χ1v) is 8.15. The molecule has 6 heteroatoms. The highest BCUT2D eigenvalue weighted by atomic mass is 19.1. The zero-order chi connectivity index (χ0) is 19.2. The average Bonchev–Trinajstić information content (AvgIpc) is 2.68. The predicted octanol–water partition coefficient (Wildman–Crippen LogP) is 3.53. The SMILES string of the molecule is NC(=O)/C(=C/c1ccc(F)c(O)c1)c1cccc(OCc2ccncc2)c1. The van der Waals surface area contributed by atoms with Crippen LogP contribution in [0, 0.1) is 5.82 Å². The van der Waals surface area contributed by atoms with Crippen LogP contribution in [0.4, 0.5) is 4.39 Å². The Morgan fingerprint density at radius 3 is 2.63 bits per heavy atom. The van der Waals surface area contributed by atoms with E-state index < -0.39 is 17.5 Å². The van der Waals surface area contributed by atoms with Crippen LogP contribution >= 0.6 is 0 Å². The Bertz CT molecular complexity index is 988. The quantitative estimate of drug-likeness (QED) is 0.518. The summed E-state index contributed by atoms with van der Waals surface area (Å²) in [6.45, 7) is 0.355. The van der Waals surface area contributed by atoms with Crippen molar-refractivity contribution in [3.8, 4) is 11.5 Å². The number of hydrogen-bond acceptors (Lipinski definition) is 4. The first kappa shape index (κ1) is 18.1. The number of aromatic hydroxyl groups is 1. The fourth-order valence-electron chi connectivity index (χ4n) is 2.48. The number of benzene rings is 2. The molecule has 1 amide bonds. The van der Waals surface area contributed by atoms with Crippen LogP contribution in [-0.2, 0) is 11.4 Å². The number of carbonyl (C=O) groups is 1. The molecule has 0 saturated carbocycles. The lowest BCUT2D eigenvalue weighted by atomic mass is 10.0. The number of nitrogens with zero attached hydrogens (tertiary/aromatic N) is 1. The fourth-order valence-corrected chi connectivity index (χ4v) is 2.48. The molecule has 0 radical (unpaired) electrons. The molecule has 1 heterocycles. The smallest absolute Gasteiger partial charge is 0.249 e. The van der Waals surface area contributed by atoms with Crippen molar-refractivity contribution in [2.24, 2.45) is 5.73 Å². The van der Waals surface area contributed by atoms with Crippen LogP contribution in [0.15, 0.2) is 67.0 Å². The van der Waals surface area contributed by atoms with Crippen molar-refractivity contribution in [3.05, 3.63) is 89.5 Å². The monoisotopic (exact) mass is 364 g/mol. The third-order valence-corrected chi connectivity index (χ3v) is 3.85. The second-order valence-electron chi connectivity index (χ2n) is 5.81. The summed E-state index contributed by atoms with van der Waals surface area (Å²) in [6, 6.07) is 14.4. The van der Waals surface area contributed by atoms with Gasteiger partial charge in [-0.05, 0) is 59.2 Å². The van der Waals surface area contributed by atoms with Gasteiger partial charge in [0.2, 0.25) is 5.91 Å². The van der Waals surface area contributed by atoms with Crippen molar-refractivity contribution in [2.75, 3.05) is 0 Å². The summed E-state index contributed by atoms with van der Waals surface area (Å²) >= 11 is 0. The maximum Gasteiger partial charge on any atom is 0.249 e. The van der Waals surface area contributed by atoms with Gasteiger partial charge in [0.05, 0.1) is 0 Å². The summed E-state index contributed by atoms with van der Waals surface area (Å²) in [7, 11) is 0. The molecule has 5 nitrogen and oxygen atoms in total. The predicted molar refractivity (Wildman–Crippen MR) is 100 cm³/mol. The van der Waals surface area contributed by atoms with Crippen LogP contribution in [0.1, 0.15) is 16.7 Å². The summed E-state index contributed by atoms with van der Waals surface area (Å²) in [4.78, 5) is 15.9. The van der Waals surface area contributed by atoms with E-state index >= 15 is 0 Å². The highest BCUT2D eigenvalue weighted by molar-refractivity contribution is 6.23. The number of phenols is 1. The van der Waals surface area contributed by atoms with Crippen molar-refractivity contribution in [3.63, 3.8) is 0 Å². The van der Waals surface area contributed by atoms with E-state index in [1.54, 1.807) is 36.7 Å². The number of carbonyl (C=O) groups excluding carboxylic acids is 1. The van der Waals surface area contributed by atoms with E-state index in [4.69, 9.17) is 10.5 Å². The lowest BCUT2D eigenvalue weighted by molar-refractivity contribution is -0.112. The number of nitrogens with two attached hydrogens (primary N) is 1. The molecule has 136 valence electrons. The highest BCUT2D eigenvalue weighted by Crippen LogP contribution is 2.25. The van der Waals surface area contributed by atoms with Crippen molar-refractivity contribution in [1.29, 1.82) is 0 Å². The number of rotatable bonds is 6. The van der Waals surface area contributed by atoms with Crippen molar-refractivity contribution in [2.45, 2.75) is 6.61 Å². The van der Waals surface area contributed by atoms with E-state index in [0.29, 0.717) is 23.5 Å². The van der Waals surface area contributed by atoms with E-state index in [-0.39, 0.29) is 5.57 Å². The molecule has 0 spiro atoms. The molecule has 0 atom stereocenters. The molecule has 27 heavy (non-hydrogen) atoms. The Labute approximate surface area is 155 Å². The maximum atomic E-state index is 13.2. The molecule has 0 unspecified atom stereocenters. The minimum absolute atomic E-state index is 0.218. The lowest BCUT2D eigenvalue weighted by Crippen LogP contribution is -2.13. The van der Waals surface area contributed by atoms with Gasteiger partial charge in [0.1, 0.15) is 12.4 Å². The first-order chi connectivity index (χ1) is 13.0. The number of phenolic OH excluding ortho intramolecular Hbond substituents is 1. The highest BCUT2D eigenvalue weighted by Gasteiger charge is 2.11. The molecule has 3 rings (SSSR count). The maximum absolute atomic E-state index is 13.2. The average molecular weight is 364 g/mol. The van der Waals surface area contributed by atoms with Gasteiger partial charge in [-0.2, -0.15) is 0 Å². The van der Waals surface area contributed by atoms with Crippen LogP contribution in [0.25, 0.3) is 11.6 Å². The molecule has 0 saturated heterocycles. The summed E-state index contributed by atoms with van der Waals surface area (Å²) in [5.74, 6) is -1.31. The molecule has 0 fully saturated rings. The Balaban J connectivity index is 1.86. The summed E-state index contributed by atoms with van der Waals surface area (Å²) < 4.78 is 19.0. The third-order valence-electron chi connectivity index (χ3n) is 3.85. The fraction of sp³-hybridized carbons (Fsp3) is 0.0476. The van der Waals surface area contributed by atoms with E-state index in [9.17, 15) is 14.3 Å². The number of pyridine rings is 1. The van der Waals surface area contributed by atoms with Crippen LogP contribution in [0.3, 0.4) is 0 Å². The van der Waals surface area contributed by atoms with E-state index in [0.717, 1.165) is 11.6 Å². The van der Waals surface area contributed by atoms with Crippen LogP contribution in [-0.4, -0.2) is 16.0 Å². The normalized spacial score (nSPS) is 11.2. The number of amides is 1. The zero-order valence-corrected chi connectivity index (χ0v) is 14.3. The first-order valence-electron chi connectivity index (χ1n) is 8.15. The Kier molecular flexibility index (Phi) is 5.47. The number of primary amides is 1. The molecular formula is C21H17FN2O3. The molecule has 2 aromatic carbocycles. The molecule has 0 aliphatic heterocycles. The second kappa shape index (κ2) is 8.14. The van der Waals surface area contributed by atoms with Gasteiger partial charge in [-0.1, -0.05) is 18.2 Å². The molecule has 3 N–H and O–H groups in total. The van der Waals surface area contributed by atoms with E-state index in [1.165, 1.54) is 18.2 Å². The van der Waals surface area contributed by atoms with Crippen molar-refractivity contribution in [1.82, 2.24) is 4.98 Å². The minimum Gasteiger partial charge on any atom is -0.505 e. The van der Waals surface area contributed by atoms with Crippen LogP contribution in [0.2, 0.25) is 0 Å². The van der Waals surface area contributed by atoms with Gasteiger partial charge in [0.15, 0.2) is 11.6 Å². The summed E-state index contributed by atoms with van der Waals surface area (Å²) in [5.41, 5.74) is 7.69.